The number of aliphatic hydroxyl groups is 1. The van der Waals surface area contributed by atoms with Crippen LogP contribution in [-0.2, 0) is 0 Å². The quantitative estimate of drug-likeness (QED) is 0.559. The molecule has 2 saturated heterocycles. The normalized spacial score (nSPS) is 38.2. The van der Waals surface area contributed by atoms with Crippen LogP contribution in [0.25, 0.3) is 0 Å². The molecule has 0 radical (unpaired) electrons. The van der Waals surface area contributed by atoms with Gasteiger partial charge < -0.3 is 15.7 Å². The molecule has 0 bridgehead atoms. The van der Waals surface area contributed by atoms with Gasteiger partial charge in [0.2, 0.25) is 0 Å². The number of halogens is 2. The summed E-state index contributed by atoms with van der Waals surface area (Å²) in [5.74, 6) is 1.46. The molecular weight excluding hydrogens is 199 g/mol. The zero-order chi connectivity index (χ0) is 6.97. The van der Waals surface area contributed by atoms with Gasteiger partial charge in [0.1, 0.15) is 0 Å². The van der Waals surface area contributed by atoms with Crippen molar-refractivity contribution in [2.45, 2.75) is 6.04 Å². The van der Waals surface area contributed by atoms with Gasteiger partial charge in [0.25, 0.3) is 0 Å². The summed E-state index contributed by atoms with van der Waals surface area (Å²) >= 11 is 0. The molecule has 3 atom stereocenters. The Morgan fingerprint density at radius 1 is 1.17 bits per heavy atom. The van der Waals surface area contributed by atoms with Gasteiger partial charge in [-0.2, -0.15) is 0 Å². The fraction of sp³-hybridized carbons (Fsp3) is 1.00. The molecular formula is C7H16Cl2N2O. The summed E-state index contributed by atoms with van der Waals surface area (Å²) in [5.41, 5.74) is 0. The first kappa shape index (κ1) is 12.5. The molecule has 3 nitrogen and oxygen atoms in total. The Morgan fingerprint density at radius 2 is 1.92 bits per heavy atom. The first-order chi connectivity index (χ1) is 4.92. The van der Waals surface area contributed by atoms with Crippen LogP contribution in [0.15, 0.2) is 0 Å². The Bertz CT molecular complexity index is 137. The van der Waals surface area contributed by atoms with Gasteiger partial charge in [-0.05, 0) is 31.5 Å². The minimum Gasteiger partial charge on any atom is -0.395 e. The zero-order valence-corrected chi connectivity index (χ0v) is 8.46. The van der Waals surface area contributed by atoms with E-state index in [4.69, 9.17) is 5.11 Å². The van der Waals surface area contributed by atoms with Gasteiger partial charge in [0.05, 0.1) is 6.61 Å². The maximum Gasteiger partial charge on any atom is 0.0587 e. The highest BCUT2D eigenvalue weighted by Crippen LogP contribution is 2.24. The number of hydrogen-bond acceptors (Lipinski definition) is 3. The third-order valence-corrected chi connectivity index (χ3v) is 2.75. The molecule has 3 N–H and O–H groups in total. The van der Waals surface area contributed by atoms with Crippen molar-refractivity contribution in [2.75, 3.05) is 26.2 Å². The minimum absolute atomic E-state index is 0. The average Bonchev–Trinajstić information content (AvgIpc) is 2.44. The van der Waals surface area contributed by atoms with E-state index in [1.54, 1.807) is 0 Å². The van der Waals surface area contributed by atoms with Gasteiger partial charge in [0.15, 0.2) is 0 Å². The Hall–Kier alpha value is 0.460. The molecule has 74 valence electrons. The summed E-state index contributed by atoms with van der Waals surface area (Å²) in [4.78, 5) is 0. The van der Waals surface area contributed by atoms with Crippen LogP contribution in [0.5, 0.6) is 0 Å². The van der Waals surface area contributed by atoms with Crippen molar-refractivity contribution in [2.24, 2.45) is 11.8 Å². The molecule has 0 aromatic rings. The molecule has 0 aromatic heterocycles. The van der Waals surface area contributed by atoms with Crippen LogP contribution in [0.3, 0.4) is 0 Å². The molecule has 12 heavy (non-hydrogen) atoms. The van der Waals surface area contributed by atoms with Crippen LogP contribution in [0.2, 0.25) is 0 Å². The molecule has 0 saturated carbocycles. The summed E-state index contributed by atoms with van der Waals surface area (Å²) in [7, 11) is 0. The van der Waals surface area contributed by atoms with Crippen molar-refractivity contribution in [3.05, 3.63) is 0 Å². The first-order valence-corrected chi connectivity index (χ1v) is 3.97. The van der Waals surface area contributed by atoms with Crippen LogP contribution in [0, 0.1) is 11.8 Å². The average molecular weight is 215 g/mol. The third-order valence-electron chi connectivity index (χ3n) is 2.75. The molecule has 2 aliphatic rings. The SMILES string of the molecule is Cl.Cl.OCC1NCC2CNCC21. The minimum atomic E-state index is 0. The van der Waals surface area contributed by atoms with E-state index in [0.717, 1.165) is 25.6 Å². The van der Waals surface area contributed by atoms with Crippen molar-refractivity contribution in [1.82, 2.24) is 10.6 Å². The molecule has 0 amide bonds. The lowest BCUT2D eigenvalue weighted by Crippen LogP contribution is -2.33. The van der Waals surface area contributed by atoms with E-state index in [0.29, 0.717) is 18.6 Å². The highest BCUT2D eigenvalue weighted by atomic mass is 35.5. The number of aliphatic hydroxyl groups excluding tert-OH is 1. The summed E-state index contributed by atoms with van der Waals surface area (Å²) in [6.07, 6.45) is 0. The lowest BCUT2D eigenvalue weighted by molar-refractivity contribution is 0.227. The smallest absolute Gasteiger partial charge is 0.0587 e. The summed E-state index contributed by atoms with van der Waals surface area (Å²) in [6, 6.07) is 0.361. The first-order valence-electron chi connectivity index (χ1n) is 3.97. The topological polar surface area (TPSA) is 44.3 Å². The number of fused-ring (bicyclic) bond motifs is 1. The molecule has 0 aliphatic carbocycles. The van der Waals surface area contributed by atoms with Gasteiger partial charge >= 0.3 is 0 Å². The molecule has 2 fully saturated rings. The second kappa shape index (κ2) is 5.25. The standard InChI is InChI=1S/C7H14N2O.2ClH/c10-4-7-6-3-8-1-5(6)2-9-7;;/h5-10H,1-4H2;2*1H. The van der Waals surface area contributed by atoms with E-state index in [-0.39, 0.29) is 24.8 Å². The highest BCUT2D eigenvalue weighted by molar-refractivity contribution is 5.85. The largest absolute Gasteiger partial charge is 0.395 e. The van der Waals surface area contributed by atoms with Gasteiger partial charge in [-0.15, -0.1) is 24.8 Å². The predicted molar refractivity (Wildman–Crippen MR) is 53.2 cm³/mol. The van der Waals surface area contributed by atoms with Crippen LogP contribution >= 0.6 is 24.8 Å². The highest BCUT2D eigenvalue weighted by Gasteiger charge is 2.38. The van der Waals surface area contributed by atoms with Gasteiger partial charge in [-0.1, -0.05) is 0 Å². The lowest BCUT2D eigenvalue weighted by Gasteiger charge is -2.13. The molecule has 2 heterocycles. The molecule has 5 heteroatoms. The van der Waals surface area contributed by atoms with Crippen molar-refractivity contribution in [1.29, 1.82) is 0 Å². The van der Waals surface area contributed by atoms with E-state index >= 15 is 0 Å². The Morgan fingerprint density at radius 3 is 2.58 bits per heavy atom. The second-order valence-electron chi connectivity index (χ2n) is 3.28. The van der Waals surface area contributed by atoms with Crippen LogP contribution in [0.1, 0.15) is 0 Å². The predicted octanol–water partition coefficient (Wildman–Crippen LogP) is -0.370. The third kappa shape index (κ3) is 2.03. The molecule has 0 spiro atoms. The fourth-order valence-corrected chi connectivity index (χ4v) is 2.10. The molecule has 3 unspecified atom stereocenters. The second-order valence-corrected chi connectivity index (χ2v) is 3.28. The Balaban J connectivity index is 0.000000605. The zero-order valence-electron chi connectivity index (χ0n) is 6.82. The van der Waals surface area contributed by atoms with Crippen molar-refractivity contribution >= 4 is 24.8 Å². The maximum atomic E-state index is 8.92. The van der Waals surface area contributed by atoms with Crippen molar-refractivity contribution in [3.8, 4) is 0 Å². The van der Waals surface area contributed by atoms with E-state index < -0.39 is 0 Å². The van der Waals surface area contributed by atoms with Crippen LogP contribution in [-0.4, -0.2) is 37.4 Å². The number of nitrogens with one attached hydrogen (secondary N) is 2. The summed E-state index contributed by atoms with van der Waals surface area (Å²) < 4.78 is 0. The number of rotatable bonds is 1. The molecule has 2 rings (SSSR count). The van der Waals surface area contributed by atoms with E-state index in [1.807, 2.05) is 0 Å². The number of hydrogen-bond donors (Lipinski definition) is 3. The van der Waals surface area contributed by atoms with Crippen molar-refractivity contribution in [3.63, 3.8) is 0 Å². The van der Waals surface area contributed by atoms with Crippen LogP contribution < -0.4 is 10.6 Å². The van der Waals surface area contributed by atoms with Gasteiger partial charge in [-0.3, -0.25) is 0 Å². The Kier molecular flexibility index (Phi) is 5.45. The summed E-state index contributed by atoms with van der Waals surface area (Å²) in [5, 5.41) is 15.6. The Labute approximate surface area is 85.1 Å². The van der Waals surface area contributed by atoms with Gasteiger partial charge in [-0.25, -0.2) is 0 Å². The van der Waals surface area contributed by atoms with E-state index in [2.05, 4.69) is 10.6 Å². The van der Waals surface area contributed by atoms with E-state index in [9.17, 15) is 0 Å². The van der Waals surface area contributed by atoms with Crippen molar-refractivity contribution < 1.29 is 5.11 Å². The van der Waals surface area contributed by atoms with Crippen LogP contribution in [0.4, 0.5) is 0 Å². The van der Waals surface area contributed by atoms with Gasteiger partial charge in [0, 0.05) is 6.04 Å². The monoisotopic (exact) mass is 214 g/mol. The molecule has 2 aliphatic heterocycles. The molecule has 0 aromatic carbocycles. The lowest BCUT2D eigenvalue weighted by atomic mass is 9.95. The fourth-order valence-electron chi connectivity index (χ4n) is 2.10. The van der Waals surface area contributed by atoms with E-state index in [1.165, 1.54) is 0 Å². The summed E-state index contributed by atoms with van der Waals surface area (Å²) in [6.45, 7) is 3.60. The maximum absolute atomic E-state index is 8.92.